The molecule has 8 heteroatoms. The molecule has 2 aromatic rings. The van der Waals surface area contributed by atoms with E-state index in [9.17, 15) is 14.9 Å². The average Bonchev–Trinajstić information content (AvgIpc) is 2.42. The van der Waals surface area contributed by atoms with Gasteiger partial charge in [-0.2, -0.15) is 0 Å². The first-order chi connectivity index (χ1) is 9.88. The van der Waals surface area contributed by atoms with Gasteiger partial charge in [-0.05, 0) is 40.5 Å². The van der Waals surface area contributed by atoms with Crippen molar-refractivity contribution in [3.8, 4) is 0 Å². The fourth-order valence-electron chi connectivity index (χ4n) is 1.70. The van der Waals surface area contributed by atoms with Crippen molar-refractivity contribution in [1.82, 2.24) is 4.98 Å². The molecule has 1 aromatic heterocycles. The van der Waals surface area contributed by atoms with Crippen LogP contribution in [0.2, 0.25) is 0 Å². The first-order valence-corrected chi connectivity index (χ1v) is 6.65. The van der Waals surface area contributed by atoms with Crippen molar-refractivity contribution in [3.63, 3.8) is 0 Å². The fraction of sp³-hybridized carbons (Fsp3) is 0.0769. The summed E-state index contributed by atoms with van der Waals surface area (Å²) < 4.78 is 0.785. The average molecular weight is 351 g/mol. The summed E-state index contributed by atoms with van der Waals surface area (Å²) in [7, 11) is 0. The van der Waals surface area contributed by atoms with Crippen LogP contribution in [0.5, 0.6) is 0 Å². The molecule has 0 aliphatic heterocycles. The number of nitrogens with one attached hydrogen (secondary N) is 1. The molecule has 1 aromatic carbocycles. The topological polar surface area (TPSA) is 111 Å². The maximum Gasteiger partial charge on any atom is 0.270 e. The Bertz CT molecular complexity index is 733. The lowest BCUT2D eigenvalue weighted by Crippen LogP contribution is -2.16. The van der Waals surface area contributed by atoms with Gasteiger partial charge in [0.25, 0.3) is 11.6 Å². The summed E-state index contributed by atoms with van der Waals surface area (Å²) in [5.74, 6) is -0.178. The van der Waals surface area contributed by atoms with E-state index >= 15 is 0 Å². The molecular weight excluding hydrogens is 340 g/mol. The molecule has 1 heterocycles. The molecule has 7 nitrogen and oxygen atoms in total. The highest BCUT2D eigenvalue weighted by Gasteiger charge is 2.16. The van der Waals surface area contributed by atoms with E-state index in [0.717, 1.165) is 16.1 Å². The number of amides is 1. The van der Waals surface area contributed by atoms with E-state index in [2.05, 4.69) is 26.2 Å². The summed E-state index contributed by atoms with van der Waals surface area (Å²) in [5.41, 5.74) is 6.44. The van der Waals surface area contributed by atoms with E-state index in [-0.39, 0.29) is 16.9 Å². The predicted octanol–water partition coefficient (Wildman–Crippen LogP) is 2.90. The molecule has 0 bridgehead atoms. The Morgan fingerprint density at radius 3 is 2.76 bits per heavy atom. The number of nitro groups is 1. The number of hydrogen-bond donors (Lipinski definition) is 2. The number of benzene rings is 1. The van der Waals surface area contributed by atoms with Crippen molar-refractivity contribution >= 4 is 39.0 Å². The molecule has 21 heavy (non-hydrogen) atoms. The number of anilines is 2. The quantitative estimate of drug-likeness (QED) is 0.502. The second-order valence-electron chi connectivity index (χ2n) is 4.30. The molecule has 1 amide bonds. The Labute approximate surface area is 128 Å². The Hall–Kier alpha value is -2.48. The number of nitrogen functional groups attached to an aromatic ring is 1. The fourth-order valence-corrected chi connectivity index (χ4v) is 2.15. The van der Waals surface area contributed by atoms with Crippen molar-refractivity contribution < 1.29 is 9.72 Å². The Kier molecular flexibility index (Phi) is 4.18. The number of non-ortho nitro benzene ring substituents is 1. The smallest absolute Gasteiger partial charge is 0.270 e. The monoisotopic (exact) mass is 350 g/mol. The minimum absolute atomic E-state index is 0.0355. The van der Waals surface area contributed by atoms with Gasteiger partial charge in [0, 0.05) is 28.5 Å². The molecular formula is C13H11BrN4O3. The lowest BCUT2D eigenvalue weighted by Gasteiger charge is -2.09. The minimum Gasteiger partial charge on any atom is -0.398 e. The van der Waals surface area contributed by atoms with Crippen LogP contribution in [0.15, 0.2) is 34.9 Å². The van der Waals surface area contributed by atoms with Gasteiger partial charge in [0.05, 0.1) is 10.5 Å². The van der Waals surface area contributed by atoms with Gasteiger partial charge in [-0.25, -0.2) is 4.98 Å². The van der Waals surface area contributed by atoms with E-state index in [0.29, 0.717) is 5.82 Å². The third-order valence-electron chi connectivity index (χ3n) is 2.77. The van der Waals surface area contributed by atoms with Crippen LogP contribution in [0, 0.1) is 17.0 Å². The predicted molar refractivity (Wildman–Crippen MR) is 82.1 cm³/mol. The van der Waals surface area contributed by atoms with Crippen molar-refractivity contribution in [1.29, 1.82) is 0 Å². The van der Waals surface area contributed by atoms with E-state index in [4.69, 9.17) is 5.73 Å². The van der Waals surface area contributed by atoms with E-state index < -0.39 is 10.8 Å². The molecule has 0 spiro atoms. The van der Waals surface area contributed by atoms with Crippen molar-refractivity contribution in [2.45, 2.75) is 6.92 Å². The summed E-state index contributed by atoms with van der Waals surface area (Å²) in [6, 6.07) is 5.50. The van der Waals surface area contributed by atoms with Crippen LogP contribution >= 0.6 is 15.9 Å². The molecule has 0 radical (unpaired) electrons. The van der Waals surface area contributed by atoms with Gasteiger partial charge in [-0.3, -0.25) is 14.9 Å². The SMILES string of the molecule is Cc1cc(Br)cnc1NC(=O)c1cc([N+](=O)[O-])ccc1N. The van der Waals surface area contributed by atoms with Crippen molar-refractivity contribution in [3.05, 3.63) is 56.2 Å². The lowest BCUT2D eigenvalue weighted by atomic mass is 10.1. The minimum atomic E-state index is -0.584. The molecule has 0 aliphatic carbocycles. The lowest BCUT2D eigenvalue weighted by molar-refractivity contribution is -0.384. The first-order valence-electron chi connectivity index (χ1n) is 5.86. The summed E-state index contributed by atoms with van der Waals surface area (Å²) in [5, 5.41) is 13.3. The Morgan fingerprint density at radius 2 is 2.14 bits per heavy atom. The van der Waals surface area contributed by atoms with Gasteiger partial charge in [0.1, 0.15) is 5.82 Å². The molecule has 0 fully saturated rings. The first kappa shape index (κ1) is 14.9. The maximum atomic E-state index is 12.2. The van der Waals surface area contributed by atoms with Gasteiger partial charge in [-0.15, -0.1) is 0 Å². The van der Waals surface area contributed by atoms with Gasteiger partial charge < -0.3 is 11.1 Å². The zero-order chi connectivity index (χ0) is 15.6. The summed E-state index contributed by atoms with van der Waals surface area (Å²) >= 11 is 3.27. The van der Waals surface area contributed by atoms with Crippen LogP contribution in [0.1, 0.15) is 15.9 Å². The number of nitrogens with zero attached hydrogens (tertiary/aromatic N) is 2. The van der Waals surface area contributed by atoms with Crippen molar-refractivity contribution in [2.24, 2.45) is 0 Å². The molecule has 2 rings (SSSR count). The zero-order valence-electron chi connectivity index (χ0n) is 11.0. The number of carbonyl (C=O) groups is 1. The number of nitro benzene ring substituents is 1. The normalized spacial score (nSPS) is 10.2. The van der Waals surface area contributed by atoms with E-state index in [1.807, 2.05) is 0 Å². The maximum absolute atomic E-state index is 12.2. The second kappa shape index (κ2) is 5.88. The van der Waals surface area contributed by atoms with Crippen LogP contribution in [0.3, 0.4) is 0 Å². The highest BCUT2D eigenvalue weighted by Crippen LogP contribution is 2.22. The number of pyridine rings is 1. The van der Waals surface area contributed by atoms with Gasteiger partial charge in [-0.1, -0.05) is 0 Å². The molecule has 0 saturated carbocycles. The van der Waals surface area contributed by atoms with Gasteiger partial charge in [0.15, 0.2) is 0 Å². The highest BCUT2D eigenvalue weighted by atomic mass is 79.9. The van der Waals surface area contributed by atoms with Gasteiger partial charge >= 0.3 is 0 Å². The number of halogens is 1. The summed E-state index contributed by atoms with van der Waals surface area (Å²) in [6.07, 6.45) is 1.54. The Morgan fingerprint density at radius 1 is 1.43 bits per heavy atom. The number of aryl methyl sites for hydroxylation is 1. The third-order valence-corrected chi connectivity index (χ3v) is 3.20. The number of nitrogens with two attached hydrogens (primary N) is 1. The van der Waals surface area contributed by atoms with Crippen LogP contribution in [-0.4, -0.2) is 15.8 Å². The number of carbonyl (C=O) groups excluding carboxylic acids is 1. The number of hydrogen-bond acceptors (Lipinski definition) is 5. The number of rotatable bonds is 3. The largest absolute Gasteiger partial charge is 0.398 e. The molecule has 0 atom stereocenters. The Balaban J connectivity index is 2.32. The van der Waals surface area contributed by atoms with E-state index in [1.54, 1.807) is 19.2 Å². The van der Waals surface area contributed by atoms with Crippen molar-refractivity contribution in [2.75, 3.05) is 11.1 Å². The van der Waals surface area contributed by atoms with Crippen LogP contribution < -0.4 is 11.1 Å². The number of aromatic nitrogens is 1. The highest BCUT2D eigenvalue weighted by molar-refractivity contribution is 9.10. The van der Waals surface area contributed by atoms with Crippen LogP contribution in [-0.2, 0) is 0 Å². The summed E-state index contributed by atoms with van der Waals surface area (Å²) in [6.45, 7) is 1.78. The molecule has 0 saturated heterocycles. The molecule has 0 aliphatic rings. The zero-order valence-corrected chi connectivity index (χ0v) is 12.5. The van der Waals surface area contributed by atoms with Crippen LogP contribution in [0.25, 0.3) is 0 Å². The second-order valence-corrected chi connectivity index (χ2v) is 5.22. The summed E-state index contributed by atoms with van der Waals surface area (Å²) in [4.78, 5) is 26.4. The molecule has 108 valence electrons. The third kappa shape index (κ3) is 3.34. The molecule has 0 unspecified atom stereocenters. The van der Waals surface area contributed by atoms with E-state index in [1.165, 1.54) is 12.1 Å². The standard InChI is InChI=1S/C13H11BrN4O3/c1-7-4-8(14)6-16-12(7)17-13(19)10-5-9(18(20)21)2-3-11(10)15/h2-6H,15H2,1H3,(H,16,17,19). The van der Waals surface area contributed by atoms with Crippen LogP contribution in [0.4, 0.5) is 17.2 Å². The van der Waals surface area contributed by atoms with Gasteiger partial charge in [0.2, 0.25) is 0 Å². The molecule has 3 N–H and O–H groups in total.